The van der Waals surface area contributed by atoms with Gasteiger partial charge >= 0.3 is 0 Å². The molecule has 3 heteroatoms. The molecule has 0 aromatic heterocycles. The van der Waals surface area contributed by atoms with E-state index >= 15 is 0 Å². The first-order chi connectivity index (χ1) is 8.66. The minimum absolute atomic E-state index is 0.211. The zero-order valence-electron chi connectivity index (χ0n) is 10.0. The second-order valence-electron chi connectivity index (χ2n) is 3.97. The number of halogens is 1. The molecule has 0 heterocycles. The highest BCUT2D eigenvalue weighted by Gasteiger charge is 2.09. The Balaban J connectivity index is 2.17. The molecule has 0 N–H and O–H groups in total. The predicted octanol–water partition coefficient (Wildman–Crippen LogP) is 3.61. The van der Waals surface area contributed by atoms with E-state index in [1.165, 1.54) is 25.1 Å². The molecule has 18 heavy (non-hydrogen) atoms. The van der Waals surface area contributed by atoms with Crippen molar-refractivity contribution in [1.29, 1.82) is 0 Å². The van der Waals surface area contributed by atoms with Crippen molar-refractivity contribution >= 4 is 5.78 Å². The average molecular weight is 244 g/mol. The van der Waals surface area contributed by atoms with Crippen LogP contribution in [0.4, 0.5) is 4.39 Å². The summed E-state index contributed by atoms with van der Waals surface area (Å²) in [7, 11) is 0. The molecule has 0 radical (unpaired) electrons. The summed E-state index contributed by atoms with van der Waals surface area (Å²) in [4.78, 5) is 11.4. The first kappa shape index (κ1) is 12.3. The lowest BCUT2D eigenvalue weighted by molar-refractivity contribution is 0.101. The van der Waals surface area contributed by atoms with Crippen LogP contribution >= 0.6 is 0 Å². The summed E-state index contributed by atoms with van der Waals surface area (Å²) in [5.41, 5.74) is 1.27. The van der Waals surface area contributed by atoms with Gasteiger partial charge in [0.05, 0.1) is 5.56 Å². The van der Waals surface area contributed by atoms with Crippen molar-refractivity contribution in [3.05, 3.63) is 65.5 Å². The molecule has 0 saturated carbocycles. The molecule has 2 aromatic carbocycles. The van der Waals surface area contributed by atoms with Crippen LogP contribution in [-0.2, 0) is 6.61 Å². The molecule has 0 aliphatic rings. The molecule has 0 aliphatic heterocycles. The van der Waals surface area contributed by atoms with Crippen LogP contribution in [0.15, 0.2) is 48.5 Å². The average Bonchev–Trinajstić information content (AvgIpc) is 2.38. The maximum atomic E-state index is 13.1. The van der Waals surface area contributed by atoms with Crippen LogP contribution in [0.5, 0.6) is 5.75 Å². The molecule has 0 amide bonds. The summed E-state index contributed by atoms with van der Waals surface area (Å²) in [6, 6.07) is 13.6. The van der Waals surface area contributed by atoms with Gasteiger partial charge < -0.3 is 4.74 Å². The van der Waals surface area contributed by atoms with Gasteiger partial charge in [-0.2, -0.15) is 0 Å². The molecule has 0 unspecified atom stereocenters. The van der Waals surface area contributed by atoms with Crippen molar-refractivity contribution in [3.8, 4) is 5.75 Å². The van der Waals surface area contributed by atoms with E-state index in [9.17, 15) is 9.18 Å². The lowest BCUT2D eigenvalue weighted by Crippen LogP contribution is -2.02. The number of hydrogen-bond donors (Lipinski definition) is 0. The molecule has 2 rings (SSSR count). The van der Waals surface area contributed by atoms with Gasteiger partial charge in [-0.25, -0.2) is 4.39 Å². The second kappa shape index (κ2) is 5.45. The lowest BCUT2D eigenvalue weighted by Gasteiger charge is -2.09. The van der Waals surface area contributed by atoms with E-state index < -0.39 is 5.82 Å². The number of hydrogen-bond acceptors (Lipinski definition) is 2. The van der Waals surface area contributed by atoms with Crippen molar-refractivity contribution in [3.63, 3.8) is 0 Å². The SMILES string of the molecule is CC(=O)c1cc(F)ccc1OCc1ccccc1. The van der Waals surface area contributed by atoms with Crippen LogP contribution < -0.4 is 4.74 Å². The summed E-state index contributed by atoms with van der Waals surface area (Å²) >= 11 is 0. The first-order valence-electron chi connectivity index (χ1n) is 5.64. The standard InChI is InChI=1S/C15H13FO2/c1-11(17)14-9-13(16)7-8-15(14)18-10-12-5-3-2-4-6-12/h2-9H,10H2,1H3. The second-order valence-corrected chi connectivity index (χ2v) is 3.97. The third-order valence-corrected chi connectivity index (χ3v) is 2.56. The molecule has 0 saturated heterocycles. The topological polar surface area (TPSA) is 26.3 Å². The van der Waals surface area contributed by atoms with Crippen LogP contribution in [0.1, 0.15) is 22.8 Å². The first-order valence-corrected chi connectivity index (χ1v) is 5.64. The minimum atomic E-state index is -0.438. The normalized spacial score (nSPS) is 10.1. The van der Waals surface area contributed by atoms with Crippen molar-refractivity contribution in [1.82, 2.24) is 0 Å². The summed E-state index contributed by atoms with van der Waals surface area (Å²) in [6.45, 7) is 1.75. The Bertz CT molecular complexity index is 550. The molecule has 0 aliphatic carbocycles. The predicted molar refractivity (Wildman–Crippen MR) is 67.2 cm³/mol. The number of benzene rings is 2. The van der Waals surface area contributed by atoms with Crippen LogP contribution in [0.25, 0.3) is 0 Å². The van der Waals surface area contributed by atoms with Crippen LogP contribution in [-0.4, -0.2) is 5.78 Å². The number of carbonyl (C=O) groups is 1. The van der Waals surface area contributed by atoms with Crippen molar-refractivity contribution in [2.75, 3.05) is 0 Å². The van der Waals surface area contributed by atoms with Gasteiger partial charge in [-0.05, 0) is 30.7 Å². The van der Waals surface area contributed by atoms with Crippen molar-refractivity contribution < 1.29 is 13.9 Å². The van der Waals surface area contributed by atoms with Gasteiger partial charge in [0.15, 0.2) is 5.78 Å². The molecular formula is C15H13FO2. The fraction of sp³-hybridized carbons (Fsp3) is 0.133. The number of Topliss-reactive ketones (excluding diaryl/α,β-unsaturated/α-hetero) is 1. The van der Waals surface area contributed by atoms with Crippen LogP contribution in [0.3, 0.4) is 0 Å². The molecule has 2 nitrogen and oxygen atoms in total. The van der Waals surface area contributed by atoms with Gasteiger partial charge in [0.1, 0.15) is 18.2 Å². The highest BCUT2D eigenvalue weighted by molar-refractivity contribution is 5.96. The maximum Gasteiger partial charge on any atom is 0.163 e. The van der Waals surface area contributed by atoms with Gasteiger partial charge in [-0.1, -0.05) is 30.3 Å². The van der Waals surface area contributed by atoms with Gasteiger partial charge in [-0.15, -0.1) is 0 Å². The fourth-order valence-corrected chi connectivity index (χ4v) is 1.64. The van der Waals surface area contributed by atoms with E-state index in [2.05, 4.69) is 0 Å². The molecule has 92 valence electrons. The number of rotatable bonds is 4. The molecule has 0 atom stereocenters. The zero-order chi connectivity index (χ0) is 13.0. The monoisotopic (exact) mass is 244 g/mol. The van der Waals surface area contributed by atoms with E-state index in [-0.39, 0.29) is 11.3 Å². The fourth-order valence-electron chi connectivity index (χ4n) is 1.64. The number of ketones is 1. The molecule has 2 aromatic rings. The Morgan fingerprint density at radius 1 is 1.17 bits per heavy atom. The Morgan fingerprint density at radius 3 is 2.56 bits per heavy atom. The molecule has 0 spiro atoms. The number of ether oxygens (including phenoxy) is 1. The Kier molecular flexibility index (Phi) is 3.72. The van der Waals surface area contributed by atoms with E-state index in [4.69, 9.17) is 4.74 Å². The molecule has 0 fully saturated rings. The largest absolute Gasteiger partial charge is 0.488 e. The highest BCUT2D eigenvalue weighted by atomic mass is 19.1. The van der Waals surface area contributed by atoms with E-state index in [1.807, 2.05) is 30.3 Å². The van der Waals surface area contributed by atoms with E-state index in [0.717, 1.165) is 5.56 Å². The molecular weight excluding hydrogens is 231 g/mol. The lowest BCUT2D eigenvalue weighted by atomic mass is 10.1. The third kappa shape index (κ3) is 2.94. The van der Waals surface area contributed by atoms with Crippen LogP contribution in [0, 0.1) is 5.82 Å². The van der Waals surface area contributed by atoms with Crippen molar-refractivity contribution in [2.24, 2.45) is 0 Å². The summed E-state index contributed by atoms with van der Waals surface area (Å²) in [6.07, 6.45) is 0. The highest BCUT2D eigenvalue weighted by Crippen LogP contribution is 2.21. The Morgan fingerprint density at radius 2 is 1.89 bits per heavy atom. The number of carbonyl (C=O) groups excluding carboxylic acids is 1. The summed E-state index contributed by atoms with van der Waals surface area (Å²) < 4.78 is 18.6. The summed E-state index contributed by atoms with van der Waals surface area (Å²) in [5.74, 6) is -0.238. The van der Waals surface area contributed by atoms with Crippen LogP contribution in [0.2, 0.25) is 0 Å². The van der Waals surface area contributed by atoms with Gasteiger partial charge in [0.25, 0.3) is 0 Å². The maximum absolute atomic E-state index is 13.1. The van der Waals surface area contributed by atoms with Gasteiger partial charge in [0.2, 0.25) is 0 Å². The Hall–Kier alpha value is -2.16. The van der Waals surface area contributed by atoms with Gasteiger partial charge in [-0.3, -0.25) is 4.79 Å². The smallest absolute Gasteiger partial charge is 0.163 e. The van der Waals surface area contributed by atoms with E-state index in [0.29, 0.717) is 12.4 Å². The van der Waals surface area contributed by atoms with E-state index in [1.54, 1.807) is 0 Å². The third-order valence-electron chi connectivity index (χ3n) is 2.56. The quantitative estimate of drug-likeness (QED) is 0.768. The minimum Gasteiger partial charge on any atom is -0.488 e. The zero-order valence-corrected chi connectivity index (χ0v) is 10.0. The molecule has 0 bridgehead atoms. The Labute approximate surface area is 105 Å². The van der Waals surface area contributed by atoms with Gasteiger partial charge in [0, 0.05) is 0 Å². The summed E-state index contributed by atoms with van der Waals surface area (Å²) in [5, 5.41) is 0. The van der Waals surface area contributed by atoms with Crippen molar-refractivity contribution in [2.45, 2.75) is 13.5 Å².